The molecular formula is C16H15N5O3. The zero-order valence-electron chi connectivity index (χ0n) is 13.3. The Morgan fingerprint density at radius 2 is 1.92 bits per heavy atom. The number of fused-ring (bicyclic) bond motifs is 1. The number of rotatable bonds is 3. The van der Waals surface area contributed by atoms with Crippen LogP contribution in [0.25, 0.3) is 0 Å². The van der Waals surface area contributed by atoms with Crippen LogP contribution in [0.3, 0.4) is 0 Å². The second kappa shape index (κ2) is 5.19. The molecular weight excluding hydrogens is 310 g/mol. The van der Waals surface area contributed by atoms with Gasteiger partial charge in [0.15, 0.2) is 5.82 Å². The van der Waals surface area contributed by atoms with Gasteiger partial charge < -0.3 is 4.52 Å². The van der Waals surface area contributed by atoms with Crippen molar-refractivity contribution in [3.8, 4) is 0 Å². The fourth-order valence-electron chi connectivity index (χ4n) is 2.91. The number of anilines is 1. The summed E-state index contributed by atoms with van der Waals surface area (Å²) < 4.78 is 7.79. The Labute approximate surface area is 136 Å². The highest BCUT2D eigenvalue weighted by Crippen LogP contribution is 2.23. The van der Waals surface area contributed by atoms with E-state index in [-0.39, 0.29) is 19.1 Å². The monoisotopic (exact) mass is 325 g/mol. The lowest BCUT2D eigenvalue weighted by atomic mass is 10.2. The Balaban J connectivity index is 1.74. The van der Waals surface area contributed by atoms with Crippen LogP contribution in [0.1, 0.15) is 22.8 Å². The molecule has 0 atom stereocenters. The fourth-order valence-corrected chi connectivity index (χ4v) is 2.91. The van der Waals surface area contributed by atoms with E-state index in [0.29, 0.717) is 17.3 Å². The number of nitrogens with zero attached hydrogens (tertiary/aromatic N) is 5. The number of benzene rings is 1. The molecule has 1 aromatic carbocycles. The molecule has 1 aliphatic rings. The first-order chi connectivity index (χ1) is 11.6. The van der Waals surface area contributed by atoms with Gasteiger partial charge in [-0.15, -0.1) is 0 Å². The van der Waals surface area contributed by atoms with Crippen molar-refractivity contribution in [1.29, 1.82) is 0 Å². The molecule has 0 aliphatic carbocycles. The summed E-state index contributed by atoms with van der Waals surface area (Å²) in [5.41, 5.74) is 1.79. The largest absolute Gasteiger partial charge is 0.364 e. The summed E-state index contributed by atoms with van der Waals surface area (Å²) in [4.78, 5) is 30.6. The molecule has 8 heteroatoms. The molecule has 1 amide bonds. The van der Waals surface area contributed by atoms with Gasteiger partial charge in [-0.2, -0.15) is 9.67 Å². The van der Waals surface area contributed by atoms with Crippen molar-refractivity contribution in [3.05, 3.63) is 63.7 Å². The van der Waals surface area contributed by atoms with E-state index < -0.39 is 5.69 Å². The van der Waals surface area contributed by atoms with Crippen molar-refractivity contribution in [1.82, 2.24) is 19.5 Å². The van der Waals surface area contributed by atoms with Gasteiger partial charge in [0.25, 0.3) is 0 Å². The van der Waals surface area contributed by atoms with E-state index >= 15 is 0 Å². The first-order valence-electron chi connectivity index (χ1n) is 7.53. The average Bonchev–Trinajstić information content (AvgIpc) is 3.17. The fraction of sp³-hybridized carbons (Fsp3) is 0.250. The van der Waals surface area contributed by atoms with Crippen LogP contribution in [0.4, 0.5) is 10.5 Å². The first-order valence-corrected chi connectivity index (χ1v) is 7.53. The number of carbonyl (C=O) groups is 1. The van der Waals surface area contributed by atoms with Gasteiger partial charge in [0, 0.05) is 11.3 Å². The van der Waals surface area contributed by atoms with Crippen molar-refractivity contribution in [2.75, 3.05) is 4.90 Å². The molecule has 2 aromatic heterocycles. The van der Waals surface area contributed by atoms with Crippen LogP contribution in [0.5, 0.6) is 0 Å². The Bertz CT molecular complexity index is 964. The van der Waals surface area contributed by atoms with Gasteiger partial charge in [0.1, 0.15) is 5.76 Å². The molecule has 24 heavy (non-hydrogen) atoms. The normalized spacial score (nSPS) is 13.6. The van der Waals surface area contributed by atoms with Crippen LogP contribution in [0.15, 0.2) is 39.6 Å². The molecule has 3 aromatic rings. The first kappa shape index (κ1) is 14.4. The SMILES string of the molecule is Cc1noc(C)c1Cn1c(=O)nc2n1C(=O)N(c1ccccc1)C2. The van der Waals surface area contributed by atoms with Crippen molar-refractivity contribution < 1.29 is 9.32 Å². The van der Waals surface area contributed by atoms with Crippen LogP contribution in [0.2, 0.25) is 0 Å². The van der Waals surface area contributed by atoms with Crippen LogP contribution in [-0.4, -0.2) is 25.5 Å². The van der Waals surface area contributed by atoms with Gasteiger partial charge in [-0.25, -0.2) is 14.3 Å². The molecule has 0 spiro atoms. The predicted octanol–water partition coefficient (Wildman–Crippen LogP) is 1.69. The standard InChI is InChI=1S/C16H15N5O3/c1-10-13(11(2)24-18-10)8-20-15(22)17-14-9-19(16(23)21(14)20)12-6-4-3-5-7-12/h3-7H,8-9H2,1-2H3. The maximum absolute atomic E-state index is 12.8. The Morgan fingerprint density at radius 3 is 2.58 bits per heavy atom. The molecule has 0 fully saturated rings. The van der Waals surface area contributed by atoms with Gasteiger partial charge in [0.2, 0.25) is 0 Å². The summed E-state index contributed by atoms with van der Waals surface area (Å²) in [6.45, 7) is 4.05. The van der Waals surface area contributed by atoms with Crippen LogP contribution < -0.4 is 10.6 Å². The van der Waals surface area contributed by atoms with Gasteiger partial charge in [0.05, 0.1) is 18.8 Å². The number of carbonyl (C=O) groups excluding carboxylic acids is 1. The minimum atomic E-state index is -0.453. The maximum atomic E-state index is 12.8. The third-order valence-corrected chi connectivity index (χ3v) is 4.20. The third-order valence-electron chi connectivity index (χ3n) is 4.20. The van der Waals surface area contributed by atoms with Gasteiger partial charge >= 0.3 is 11.7 Å². The zero-order valence-corrected chi connectivity index (χ0v) is 13.3. The lowest BCUT2D eigenvalue weighted by molar-refractivity contribution is 0.244. The minimum Gasteiger partial charge on any atom is -0.361 e. The van der Waals surface area contributed by atoms with E-state index in [0.717, 1.165) is 11.3 Å². The maximum Gasteiger partial charge on any atom is 0.364 e. The van der Waals surface area contributed by atoms with Crippen molar-refractivity contribution in [3.63, 3.8) is 0 Å². The van der Waals surface area contributed by atoms with E-state index in [1.165, 1.54) is 9.36 Å². The Kier molecular flexibility index (Phi) is 3.12. The van der Waals surface area contributed by atoms with Gasteiger partial charge in [-0.3, -0.25) is 4.90 Å². The number of amides is 1. The van der Waals surface area contributed by atoms with Crippen molar-refractivity contribution >= 4 is 11.7 Å². The molecule has 0 unspecified atom stereocenters. The summed E-state index contributed by atoms with van der Waals surface area (Å²) in [5, 5.41) is 3.89. The summed E-state index contributed by atoms with van der Waals surface area (Å²) in [6.07, 6.45) is 0. The van der Waals surface area contributed by atoms with Gasteiger partial charge in [-0.1, -0.05) is 23.4 Å². The molecule has 0 bridgehead atoms. The second-order valence-corrected chi connectivity index (χ2v) is 5.69. The Morgan fingerprint density at radius 1 is 1.17 bits per heavy atom. The van der Waals surface area contributed by atoms with E-state index in [1.807, 2.05) is 30.3 Å². The third kappa shape index (κ3) is 2.07. The number of aryl methyl sites for hydroxylation is 2. The molecule has 0 saturated carbocycles. The summed E-state index contributed by atoms with van der Waals surface area (Å²) >= 11 is 0. The predicted molar refractivity (Wildman–Crippen MR) is 85.0 cm³/mol. The lowest BCUT2D eigenvalue weighted by Gasteiger charge is -2.15. The molecule has 0 radical (unpaired) electrons. The average molecular weight is 325 g/mol. The quantitative estimate of drug-likeness (QED) is 0.731. The molecule has 0 N–H and O–H groups in total. The summed E-state index contributed by atoms with van der Waals surface area (Å²) in [5.74, 6) is 1.06. The highest BCUT2D eigenvalue weighted by atomic mass is 16.5. The minimum absolute atomic E-state index is 0.196. The number of para-hydroxylation sites is 1. The zero-order chi connectivity index (χ0) is 16.8. The lowest BCUT2D eigenvalue weighted by Crippen LogP contribution is -2.34. The van der Waals surface area contributed by atoms with Crippen molar-refractivity contribution in [2.24, 2.45) is 0 Å². The Hall–Kier alpha value is -3.16. The highest BCUT2D eigenvalue weighted by Gasteiger charge is 2.33. The number of hydrogen-bond acceptors (Lipinski definition) is 5. The highest BCUT2D eigenvalue weighted by molar-refractivity contribution is 5.95. The van der Waals surface area contributed by atoms with Crippen LogP contribution >= 0.6 is 0 Å². The van der Waals surface area contributed by atoms with E-state index in [2.05, 4.69) is 10.1 Å². The van der Waals surface area contributed by atoms with Gasteiger partial charge in [-0.05, 0) is 26.0 Å². The summed E-state index contributed by atoms with van der Waals surface area (Å²) in [6, 6.07) is 9.01. The van der Waals surface area contributed by atoms with E-state index in [4.69, 9.17) is 4.52 Å². The topological polar surface area (TPSA) is 86.2 Å². The van der Waals surface area contributed by atoms with Crippen LogP contribution in [0, 0.1) is 13.8 Å². The van der Waals surface area contributed by atoms with E-state index in [1.54, 1.807) is 18.7 Å². The number of hydrogen-bond donors (Lipinski definition) is 0. The molecule has 4 rings (SSSR count). The summed E-state index contributed by atoms with van der Waals surface area (Å²) in [7, 11) is 0. The molecule has 3 heterocycles. The van der Waals surface area contributed by atoms with Crippen LogP contribution in [-0.2, 0) is 13.1 Å². The van der Waals surface area contributed by atoms with E-state index in [9.17, 15) is 9.59 Å². The number of aromatic nitrogens is 4. The smallest absolute Gasteiger partial charge is 0.361 e. The molecule has 1 aliphatic heterocycles. The second-order valence-electron chi connectivity index (χ2n) is 5.69. The molecule has 122 valence electrons. The molecule has 0 saturated heterocycles. The van der Waals surface area contributed by atoms with Crippen molar-refractivity contribution in [2.45, 2.75) is 26.9 Å². The molecule has 8 nitrogen and oxygen atoms in total.